The summed E-state index contributed by atoms with van der Waals surface area (Å²) in [6, 6.07) is 0. The van der Waals surface area contributed by atoms with E-state index in [2.05, 4.69) is 20.8 Å². The molecule has 6 heteroatoms. The van der Waals surface area contributed by atoms with E-state index in [9.17, 15) is 14.4 Å². The van der Waals surface area contributed by atoms with Crippen molar-refractivity contribution in [1.29, 1.82) is 0 Å². The molecule has 0 aromatic heterocycles. The molecule has 0 radical (unpaired) electrons. The highest BCUT2D eigenvalue weighted by atomic mass is 16.6. The van der Waals surface area contributed by atoms with Gasteiger partial charge in [-0.25, -0.2) is 0 Å². The first-order valence-electron chi connectivity index (χ1n) is 10.8. The number of ether oxygens (including phenoxy) is 3. The van der Waals surface area contributed by atoms with E-state index < -0.39 is 5.97 Å². The number of carbonyl (C=O) groups excluding carboxylic acids is 3. The van der Waals surface area contributed by atoms with Gasteiger partial charge in [0.05, 0.1) is 18.8 Å². The monoisotopic (exact) mass is 414 g/mol. The topological polar surface area (TPSA) is 78.9 Å². The summed E-state index contributed by atoms with van der Waals surface area (Å²) in [7, 11) is 0. The predicted octanol–water partition coefficient (Wildman–Crippen LogP) is 5.07. The minimum atomic E-state index is -0.497. The summed E-state index contributed by atoms with van der Waals surface area (Å²) in [5.41, 5.74) is -0.207. The molecule has 29 heavy (non-hydrogen) atoms. The zero-order valence-corrected chi connectivity index (χ0v) is 19.8. The van der Waals surface area contributed by atoms with E-state index in [1.807, 2.05) is 34.6 Å². The SMILES string of the molecule is CCCC(CC)OC(=O)CCC(=O)OCCOC(=O)C(CC(C)(C)C)C(C)(C)C. The molecule has 0 spiro atoms. The third kappa shape index (κ3) is 13.3. The van der Waals surface area contributed by atoms with Crippen LogP contribution in [-0.4, -0.2) is 37.2 Å². The summed E-state index contributed by atoms with van der Waals surface area (Å²) in [5.74, 6) is -1.39. The number of carbonyl (C=O) groups is 3. The lowest BCUT2D eigenvalue weighted by molar-refractivity contribution is -0.159. The highest BCUT2D eigenvalue weighted by Crippen LogP contribution is 2.36. The summed E-state index contributed by atoms with van der Waals surface area (Å²) in [6.45, 7) is 16.3. The highest BCUT2D eigenvalue weighted by Gasteiger charge is 2.35. The molecule has 0 rings (SSSR count). The Kier molecular flexibility index (Phi) is 12.2. The minimum Gasteiger partial charge on any atom is -0.462 e. The number of hydrogen-bond donors (Lipinski definition) is 0. The molecule has 0 aliphatic rings. The zero-order valence-electron chi connectivity index (χ0n) is 19.8. The van der Waals surface area contributed by atoms with Crippen LogP contribution >= 0.6 is 0 Å². The maximum Gasteiger partial charge on any atom is 0.309 e. The van der Waals surface area contributed by atoms with E-state index in [-0.39, 0.29) is 60.8 Å². The van der Waals surface area contributed by atoms with Crippen LogP contribution in [-0.2, 0) is 28.6 Å². The molecule has 0 aliphatic carbocycles. The van der Waals surface area contributed by atoms with Gasteiger partial charge < -0.3 is 14.2 Å². The smallest absolute Gasteiger partial charge is 0.309 e. The lowest BCUT2D eigenvalue weighted by Gasteiger charge is -2.33. The summed E-state index contributed by atoms with van der Waals surface area (Å²) >= 11 is 0. The summed E-state index contributed by atoms with van der Waals surface area (Å²) in [4.78, 5) is 36.1. The van der Waals surface area contributed by atoms with Gasteiger partial charge in [-0.15, -0.1) is 0 Å². The van der Waals surface area contributed by atoms with Crippen molar-refractivity contribution in [2.75, 3.05) is 13.2 Å². The third-order valence-electron chi connectivity index (χ3n) is 4.63. The summed E-state index contributed by atoms with van der Waals surface area (Å²) in [6.07, 6.45) is 3.11. The maximum atomic E-state index is 12.5. The summed E-state index contributed by atoms with van der Waals surface area (Å²) in [5, 5.41) is 0. The predicted molar refractivity (Wildman–Crippen MR) is 113 cm³/mol. The van der Waals surface area contributed by atoms with E-state index in [0.29, 0.717) is 6.42 Å². The largest absolute Gasteiger partial charge is 0.462 e. The Hall–Kier alpha value is -1.59. The number of esters is 3. The second-order valence-electron chi connectivity index (χ2n) is 9.88. The minimum absolute atomic E-state index is 0.00346. The fourth-order valence-electron chi connectivity index (χ4n) is 2.94. The second-order valence-corrected chi connectivity index (χ2v) is 9.88. The van der Waals surface area contributed by atoms with Gasteiger partial charge in [-0.2, -0.15) is 0 Å². The first-order valence-corrected chi connectivity index (χ1v) is 10.8. The van der Waals surface area contributed by atoms with Gasteiger partial charge in [-0.3, -0.25) is 14.4 Å². The Morgan fingerprint density at radius 2 is 1.38 bits per heavy atom. The van der Waals surface area contributed by atoms with E-state index in [4.69, 9.17) is 14.2 Å². The van der Waals surface area contributed by atoms with Crippen LogP contribution < -0.4 is 0 Å². The molecule has 2 atom stereocenters. The van der Waals surface area contributed by atoms with E-state index in [0.717, 1.165) is 19.3 Å². The van der Waals surface area contributed by atoms with Crippen molar-refractivity contribution in [2.24, 2.45) is 16.7 Å². The van der Waals surface area contributed by atoms with Crippen molar-refractivity contribution in [3.05, 3.63) is 0 Å². The van der Waals surface area contributed by atoms with Gasteiger partial charge in [0.25, 0.3) is 0 Å². The molecule has 0 saturated heterocycles. The molecule has 0 saturated carbocycles. The lowest BCUT2D eigenvalue weighted by Crippen LogP contribution is -2.34. The molecule has 0 amide bonds. The maximum absolute atomic E-state index is 12.5. The second kappa shape index (κ2) is 12.9. The molecule has 6 nitrogen and oxygen atoms in total. The normalized spacial score (nSPS) is 14.1. The quantitative estimate of drug-likeness (QED) is 0.252. The Labute approximate surface area is 177 Å². The van der Waals surface area contributed by atoms with Gasteiger partial charge in [-0.05, 0) is 30.1 Å². The average Bonchev–Trinajstić information content (AvgIpc) is 2.59. The molecule has 0 bridgehead atoms. The Morgan fingerprint density at radius 3 is 1.86 bits per heavy atom. The molecular weight excluding hydrogens is 372 g/mol. The standard InChI is InChI=1S/C23H42O6/c1-9-11-17(10-2)29-20(25)13-12-19(24)27-14-15-28-21(26)18(23(6,7)8)16-22(3,4)5/h17-18H,9-16H2,1-8H3. The third-order valence-corrected chi connectivity index (χ3v) is 4.63. The van der Waals surface area contributed by atoms with Crippen LogP contribution in [0, 0.1) is 16.7 Å². The van der Waals surface area contributed by atoms with Crippen molar-refractivity contribution >= 4 is 17.9 Å². The van der Waals surface area contributed by atoms with Gasteiger partial charge in [-0.1, -0.05) is 61.8 Å². The molecule has 0 heterocycles. The van der Waals surface area contributed by atoms with Crippen LogP contribution in [0.4, 0.5) is 0 Å². The lowest BCUT2D eigenvalue weighted by atomic mass is 9.72. The molecule has 2 unspecified atom stereocenters. The molecular formula is C23H42O6. The molecule has 0 aromatic rings. The van der Waals surface area contributed by atoms with Crippen molar-refractivity contribution in [1.82, 2.24) is 0 Å². The van der Waals surface area contributed by atoms with Crippen molar-refractivity contribution in [3.63, 3.8) is 0 Å². The average molecular weight is 415 g/mol. The Morgan fingerprint density at radius 1 is 0.828 bits per heavy atom. The molecule has 0 fully saturated rings. The van der Waals surface area contributed by atoms with Gasteiger partial charge in [0.1, 0.15) is 19.3 Å². The van der Waals surface area contributed by atoms with Crippen LogP contribution in [0.5, 0.6) is 0 Å². The van der Waals surface area contributed by atoms with Crippen LogP contribution in [0.1, 0.15) is 93.9 Å². The van der Waals surface area contributed by atoms with Crippen LogP contribution in [0.25, 0.3) is 0 Å². The van der Waals surface area contributed by atoms with Crippen molar-refractivity contribution in [2.45, 2.75) is 100 Å². The first kappa shape index (κ1) is 27.4. The van der Waals surface area contributed by atoms with Crippen LogP contribution in [0.3, 0.4) is 0 Å². The Bertz CT molecular complexity index is 512. The van der Waals surface area contributed by atoms with Crippen LogP contribution in [0.2, 0.25) is 0 Å². The number of hydrogen-bond acceptors (Lipinski definition) is 6. The fourth-order valence-corrected chi connectivity index (χ4v) is 2.94. The molecule has 0 aromatic carbocycles. The molecule has 0 N–H and O–H groups in total. The van der Waals surface area contributed by atoms with Crippen molar-refractivity contribution in [3.8, 4) is 0 Å². The Balaban J connectivity index is 4.24. The molecule has 170 valence electrons. The van der Waals surface area contributed by atoms with Gasteiger partial charge >= 0.3 is 17.9 Å². The van der Waals surface area contributed by atoms with Crippen molar-refractivity contribution < 1.29 is 28.6 Å². The number of rotatable bonds is 12. The van der Waals surface area contributed by atoms with E-state index in [1.165, 1.54) is 0 Å². The van der Waals surface area contributed by atoms with Gasteiger partial charge in [0.15, 0.2) is 0 Å². The van der Waals surface area contributed by atoms with E-state index >= 15 is 0 Å². The first-order chi connectivity index (χ1) is 13.3. The van der Waals surface area contributed by atoms with E-state index in [1.54, 1.807) is 0 Å². The highest BCUT2D eigenvalue weighted by molar-refractivity contribution is 5.77. The molecule has 0 aliphatic heterocycles. The fraction of sp³-hybridized carbons (Fsp3) is 0.870. The zero-order chi connectivity index (χ0) is 22.7. The van der Waals surface area contributed by atoms with Gasteiger partial charge in [0, 0.05) is 0 Å². The van der Waals surface area contributed by atoms with Crippen LogP contribution in [0.15, 0.2) is 0 Å². The summed E-state index contributed by atoms with van der Waals surface area (Å²) < 4.78 is 15.7. The van der Waals surface area contributed by atoms with Gasteiger partial charge in [0.2, 0.25) is 0 Å².